The molecule has 1 saturated heterocycles. The number of nitrogens with zero attached hydrogens (tertiary/aromatic N) is 5. The summed E-state index contributed by atoms with van der Waals surface area (Å²) in [5.41, 5.74) is 1.66. The Kier molecular flexibility index (Phi) is 6.17. The third-order valence-corrected chi connectivity index (χ3v) is 6.31. The zero-order chi connectivity index (χ0) is 25.2. The normalized spacial score (nSPS) is 15.6. The fourth-order valence-electron chi connectivity index (χ4n) is 4.47. The minimum Gasteiger partial charge on any atom is -0.351 e. The first-order valence-corrected chi connectivity index (χ1v) is 11.5. The average molecular weight is 485 g/mol. The number of hydrogen-bond donors (Lipinski definition) is 1. The van der Waals surface area contributed by atoms with Gasteiger partial charge in [-0.25, -0.2) is 13.6 Å². The Morgan fingerprint density at radius 2 is 1.78 bits per heavy atom. The number of carbonyl (C=O) groups excluding carboxylic acids is 1. The van der Waals surface area contributed by atoms with E-state index in [0.29, 0.717) is 31.1 Å². The molecule has 180 valence electrons. The van der Waals surface area contributed by atoms with Gasteiger partial charge in [-0.2, -0.15) is 5.26 Å². The van der Waals surface area contributed by atoms with Crippen LogP contribution in [0.2, 0.25) is 0 Å². The van der Waals surface area contributed by atoms with Gasteiger partial charge in [-0.05, 0) is 49.4 Å². The van der Waals surface area contributed by atoms with Crippen LogP contribution in [-0.4, -0.2) is 46.8 Å². The van der Waals surface area contributed by atoms with Crippen LogP contribution in [0.25, 0.3) is 22.0 Å². The van der Waals surface area contributed by atoms with E-state index in [-0.39, 0.29) is 23.1 Å². The smallest absolute Gasteiger partial charge is 0.322 e. The first kappa shape index (κ1) is 23.2. The van der Waals surface area contributed by atoms with E-state index in [2.05, 4.69) is 20.4 Å². The number of aromatic nitrogens is 2. The van der Waals surface area contributed by atoms with Crippen molar-refractivity contribution in [1.29, 1.82) is 5.26 Å². The summed E-state index contributed by atoms with van der Waals surface area (Å²) >= 11 is 0. The van der Waals surface area contributed by atoms with Gasteiger partial charge in [-0.3, -0.25) is 0 Å². The SMILES string of the molecule is CC1CN(c2nnc(-c3ccc(F)cc3)c3ccccc23)CCN1C(=O)Nc1ccc(C#N)cc1F. The molecule has 0 spiro atoms. The van der Waals surface area contributed by atoms with Crippen molar-refractivity contribution >= 4 is 28.3 Å². The molecule has 1 N–H and O–H groups in total. The van der Waals surface area contributed by atoms with E-state index < -0.39 is 11.8 Å². The van der Waals surface area contributed by atoms with Crippen molar-refractivity contribution < 1.29 is 13.6 Å². The molecule has 1 atom stereocenters. The second kappa shape index (κ2) is 9.58. The molecule has 0 aliphatic carbocycles. The largest absolute Gasteiger partial charge is 0.351 e. The van der Waals surface area contributed by atoms with Gasteiger partial charge in [0.15, 0.2) is 5.82 Å². The number of fused-ring (bicyclic) bond motifs is 1. The van der Waals surface area contributed by atoms with Crippen molar-refractivity contribution in [2.75, 3.05) is 29.9 Å². The van der Waals surface area contributed by atoms with Gasteiger partial charge in [0.2, 0.25) is 0 Å². The van der Waals surface area contributed by atoms with Crippen molar-refractivity contribution in [3.63, 3.8) is 0 Å². The Hall–Kier alpha value is -4.58. The lowest BCUT2D eigenvalue weighted by molar-refractivity contribution is 0.184. The summed E-state index contributed by atoms with van der Waals surface area (Å²) in [6, 6.07) is 19.2. The molecule has 4 aromatic rings. The van der Waals surface area contributed by atoms with Crippen LogP contribution in [-0.2, 0) is 0 Å². The van der Waals surface area contributed by atoms with Gasteiger partial charge in [0.25, 0.3) is 0 Å². The average Bonchev–Trinajstić information content (AvgIpc) is 2.89. The first-order chi connectivity index (χ1) is 17.4. The summed E-state index contributed by atoms with van der Waals surface area (Å²) in [5, 5.41) is 22.3. The number of nitrogens with one attached hydrogen (secondary N) is 1. The molecule has 1 aliphatic rings. The number of amides is 2. The van der Waals surface area contributed by atoms with Gasteiger partial charge in [0.1, 0.15) is 17.3 Å². The lowest BCUT2D eigenvalue weighted by Crippen LogP contribution is -2.55. The Morgan fingerprint density at radius 1 is 1.03 bits per heavy atom. The monoisotopic (exact) mass is 484 g/mol. The molecule has 0 bridgehead atoms. The molecule has 5 rings (SSSR count). The molecule has 1 aliphatic heterocycles. The van der Waals surface area contributed by atoms with Crippen LogP contribution in [0.15, 0.2) is 66.7 Å². The van der Waals surface area contributed by atoms with Crippen LogP contribution in [0.5, 0.6) is 0 Å². The molecular weight excluding hydrogens is 462 g/mol. The van der Waals surface area contributed by atoms with Crippen LogP contribution < -0.4 is 10.2 Å². The Morgan fingerprint density at radius 3 is 2.47 bits per heavy atom. The summed E-state index contributed by atoms with van der Waals surface area (Å²) in [6.45, 7) is 3.35. The molecule has 2 amide bonds. The number of carbonyl (C=O) groups is 1. The molecule has 3 aromatic carbocycles. The van der Waals surface area contributed by atoms with Crippen molar-refractivity contribution in [3.8, 4) is 17.3 Å². The van der Waals surface area contributed by atoms with Crippen LogP contribution in [0.4, 0.5) is 25.1 Å². The summed E-state index contributed by atoms with van der Waals surface area (Å²) in [5.74, 6) is -0.261. The molecule has 7 nitrogen and oxygen atoms in total. The Bertz CT molecular complexity index is 1480. The van der Waals surface area contributed by atoms with Gasteiger partial charge < -0.3 is 15.1 Å². The minimum absolute atomic E-state index is 0.0295. The molecular formula is C27H22F2N6O. The lowest BCUT2D eigenvalue weighted by atomic mass is 10.0. The van der Waals surface area contributed by atoms with Gasteiger partial charge in [0, 0.05) is 42.0 Å². The first-order valence-electron chi connectivity index (χ1n) is 11.5. The summed E-state index contributed by atoms with van der Waals surface area (Å²) in [4.78, 5) is 16.6. The second-order valence-electron chi connectivity index (χ2n) is 8.65. The van der Waals surface area contributed by atoms with Gasteiger partial charge in [-0.15, -0.1) is 10.2 Å². The highest BCUT2D eigenvalue weighted by Crippen LogP contribution is 2.32. The third kappa shape index (κ3) is 4.41. The molecule has 0 saturated carbocycles. The van der Waals surface area contributed by atoms with Gasteiger partial charge in [-0.1, -0.05) is 24.3 Å². The van der Waals surface area contributed by atoms with Crippen molar-refractivity contribution in [2.24, 2.45) is 0 Å². The minimum atomic E-state index is -0.656. The number of piperazine rings is 1. The molecule has 9 heteroatoms. The number of rotatable bonds is 3. The van der Waals surface area contributed by atoms with E-state index in [0.717, 1.165) is 22.4 Å². The van der Waals surface area contributed by atoms with Crippen molar-refractivity contribution in [3.05, 3.63) is 83.9 Å². The maximum Gasteiger partial charge on any atom is 0.322 e. The molecule has 36 heavy (non-hydrogen) atoms. The molecule has 0 radical (unpaired) electrons. The standard InChI is InChI=1S/C27H22F2N6O/c1-17-16-34(12-13-35(17)27(36)31-24-11-6-18(15-30)14-23(24)29)26-22-5-3-2-4-21(22)25(32-33-26)19-7-9-20(28)10-8-19/h2-11,14,17H,12-13,16H2,1H3,(H,31,36). The number of benzene rings is 3. The van der Waals surface area contributed by atoms with Crippen LogP contribution in [0, 0.1) is 23.0 Å². The van der Waals surface area contributed by atoms with E-state index in [1.165, 1.54) is 24.3 Å². The predicted molar refractivity (Wildman–Crippen MR) is 133 cm³/mol. The highest BCUT2D eigenvalue weighted by atomic mass is 19.1. The van der Waals surface area contributed by atoms with Gasteiger partial charge >= 0.3 is 6.03 Å². The number of hydrogen-bond acceptors (Lipinski definition) is 5. The van der Waals surface area contributed by atoms with Crippen molar-refractivity contribution in [2.45, 2.75) is 13.0 Å². The topological polar surface area (TPSA) is 85.2 Å². The summed E-state index contributed by atoms with van der Waals surface area (Å²) in [7, 11) is 0. The van der Waals surface area contributed by atoms with Gasteiger partial charge in [0.05, 0.1) is 17.3 Å². The molecule has 1 aromatic heterocycles. The fourth-order valence-corrected chi connectivity index (χ4v) is 4.47. The third-order valence-electron chi connectivity index (χ3n) is 6.31. The maximum atomic E-state index is 14.2. The zero-order valence-electron chi connectivity index (χ0n) is 19.4. The van der Waals surface area contributed by atoms with E-state index >= 15 is 0 Å². The van der Waals surface area contributed by atoms with Crippen LogP contribution in [0.1, 0.15) is 12.5 Å². The van der Waals surface area contributed by atoms with Crippen LogP contribution in [0.3, 0.4) is 0 Å². The fraction of sp³-hybridized carbons (Fsp3) is 0.185. The van der Waals surface area contributed by atoms with E-state index in [4.69, 9.17) is 5.26 Å². The van der Waals surface area contributed by atoms with Crippen LogP contribution >= 0.6 is 0 Å². The predicted octanol–water partition coefficient (Wildman–Crippen LogP) is 5.19. The van der Waals surface area contributed by atoms with E-state index in [9.17, 15) is 13.6 Å². The number of anilines is 2. The number of nitriles is 1. The molecule has 1 unspecified atom stereocenters. The Balaban J connectivity index is 1.36. The maximum absolute atomic E-state index is 14.2. The highest BCUT2D eigenvalue weighted by molar-refractivity contribution is 6.00. The lowest BCUT2D eigenvalue weighted by Gasteiger charge is -2.40. The number of halogens is 2. The summed E-state index contributed by atoms with van der Waals surface area (Å²) in [6.07, 6.45) is 0. The molecule has 2 heterocycles. The van der Waals surface area contributed by atoms with E-state index in [1.54, 1.807) is 17.0 Å². The van der Waals surface area contributed by atoms with Crippen molar-refractivity contribution in [1.82, 2.24) is 15.1 Å². The Labute approximate surface area is 206 Å². The number of urea groups is 1. The summed E-state index contributed by atoms with van der Waals surface area (Å²) < 4.78 is 27.7. The second-order valence-corrected chi connectivity index (χ2v) is 8.65. The van der Waals surface area contributed by atoms with E-state index in [1.807, 2.05) is 37.3 Å². The highest BCUT2D eigenvalue weighted by Gasteiger charge is 2.30. The molecule has 1 fully saturated rings. The zero-order valence-corrected chi connectivity index (χ0v) is 19.4. The quantitative estimate of drug-likeness (QED) is 0.433.